The van der Waals surface area contributed by atoms with Gasteiger partial charge in [-0.1, -0.05) is 54.0 Å². The smallest absolute Gasteiger partial charge is 0.236 e. The van der Waals surface area contributed by atoms with E-state index in [2.05, 4.69) is 10.3 Å². The number of nitrogens with one attached hydrogen (secondary N) is 1. The Balaban J connectivity index is 1.66. The van der Waals surface area contributed by atoms with Gasteiger partial charge in [-0.25, -0.2) is 4.98 Å². The van der Waals surface area contributed by atoms with E-state index < -0.39 is 5.41 Å². The minimum Gasteiger partial charge on any atom is -0.494 e. The number of aromatic nitrogens is 1. The number of rotatable bonds is 4. The lowest BCUT2D eigenvalue weighted by Gasteiger charge is -2.27. The van der Waals surface area contributed by atoms with Gasteiger partial charge in [0.05, 0.1) is 17.2 Å². The first-order valence-electron chi connectivity index (χ1n) is 8.63. The van der Waals surface area contributed by atoms with E-state index in [0.29, 0.717) is 15.9 Å². The Bertz CT molecular complexity index is 946. The van der Waals surface area contributed by atoms with Crippen LogP contribution in [0.2, 0.25) is 5.02 Å². The van der Waals surface area contributed by atoms with Crippen LogP contribution in [-0.4, -0.2) is 18.0 Å². The van der Waals surface area contributed by atoms with Crippen LogP contribution in [0, 0.1) is 0 Å². The fraction of sp³-hybridized carbons (Fsp3) is 0.300. The molecule has 0 bridgehead atoms. The van der Waals surface area contributed by atoms with Gasteiger partial charge < -0.3 is 10.1 Å². The Kier molecular flexibility index (Phi) is 4.59. The van der Waals surface area contributed by atoms with E-state index in [1.165, 1.54) is 11.3 Å². The first kappa shape index (κ1) is 17.3. The maximum Gasteiger partial charge on any atom is 0.236 e. The highest BCUT2D eigenvalue weighted by Gasteiger charge is 2.43. The number of carbonyl (C=O) groups is 1. The molecule has 0 radical (unpaired) electrons. The van der Waals surface area contributed by atoms with Crippen LogP contribution >= 0.6 is 22.9 Å². The lowest BCUT2D eigenvalue weighted by atomic mass is 9.78. The maximum atomic E-state index is 13.2. The van der Waals surface area contributed by atoms with Crippen molar-refractivity contribution in [2.75, 3.05) is 12.4 Å². The van der Waals surface area contributed by atoms with Crippen molar-refractivity contribution in [3.63, 3.8) is 0 Å². The van der Waals surface area contributed by atoms with Crippen LogP contribution in [0.25, 0.3) is 10.2 Å². The van der Waals surface area contributed by atoms with Crippen molar-refractivity contribution in [3.8, 4) is 5.75 Å². The summed E-state index contributed by atoms with van der Waals surface area (Å²) in [7, 11) is 1.63. The fourth-order valence-electron chi connectivity index (χ4n) is 3.75. The molecule has 1 aromatic heterocycles. The second-order valence-corrected chi connectivity index (χ2v) is 8.04. The van der Waals surface area contributed by atoms with Gasteiger partial charge in [0, 0.05) is 5.02 Å². The molecule has 0 atom stereocenters. The second-order valence-electron chi connectivity index (χ2n) is 6.58. The zero-order chi connectivity index (χ0) is 18.1. The van der Waals surface area contributed by atoms with Crippen molar-refractivity contribution in [1.29, 1.82) is 0 Å². The Morgan fingerprint density at radius 1 is 1.19 bits per heavy atom. The van der Waals surface area contributed by atoms with Gasteiger partial charge in [-0.15, -0.1) is 0 Å². The number of benzene rings is 2. The van der Waals surface area contributed by atoms with Crippen molar-refractivity contribution in [3.05, 3.63) is 53.1 Å². The molecule has 3 aromatic rings. The summed E-state index contributed by atoms with van der Waals surface area (Å²) in [5.74, 6) is 0.725. The molecule has 4 rings (SSSR count). The number of para-hydroxylation sites is 1. The predicted octanol–water partition coefficient (Wildman–Crippen LogP) is 5.41. The molecule has 1 N–H and O–H groups in total. The van der Waals surface area contributed by atoms with Crippen LogP contribution < -0.4 is 10.1 Å². The quantitative estimate of drug-likeness (QED) is 0.652. The van der Waals surface area contributed by atoms with Crippen molar-refractivity contribution in [1.82, 2.24) is 4.98 Å². The number of halogens is 1. The number of hydrogen-bond donors (Lipinski definition) is 1. The molecule has 1 aliphatic rings. The standard InChI is InChI=1S/C20H19ClN2O2S/c1-25-15-5-4-6-16-17(15)22-19(26-16)23-18(24)20(11-2-3-12-20)13-7-9-14(21)10-8-13/h4-10H,2-3,11-12H2,1H3,(H,22,23,24). The normalized spacial score (nSPS) is 15.9. The topological polar surface area (TPSA) is 51.2 Å². The molecule has 1 amide bonds. The molecule has 2 aromatic carbocycles. The number of methoxy groups -OCH3 is 1. The maximum absolute atomic E-state index is 13.2. The largest absolute Gasteiger partial charge is 0.494 e. The number of thiazole rings is 1. The van der Waals surface area contributed by atoms with E-state index in [0.717, 1.165) is 41.5 Å². The minimum atomic E-state index is -0.507. The first-order valence-corrected chi connectivity index (χ1v) is 9.83. The third kappa shape index (κ3) is 2.95. The molecule has 134 valence electrons. The van der Waals surface area contributed by atoms with Gasteiger partial charge >= 0.3 is 0 Å². The van der Waals surface area contributed by atoms with Crippen LogP contribution in [0.3, 0.4) is 0 Å². The third-order valence-corrected chi connectivity index (χ3v) is 6.30. The Morgan fingerprint density at radius 3 is 2.62 bits per heavy atom. The molecular weight excluding hydrogens is 368 g/mol. The van der Waals surface area contributed by atoms with Crippen LogP contribution in [0.4, 0.5) is 5.13 Å². The molecule has 6 heteroatoms. The van der Waals surface area contributed by atoms with Gasteiger partial charge in [-0.2, -0.15) is 0 Å². The zero-order valence-electron chi connectivity index (χ0n) is 14.4. The lowest BCUT2D eigenvalue weighted by molar-refractivity contribution is -0.121. The summed E-state index contributed by atoms with van der Waals surface area (Å²) in [5.41, 5.74) is 1.30. The average Bonchev–Trinajstić information content (AvgIpc) is 3.29. The molecule has 0 saturated heterocycles. The van der Waals surface area contributed by atoms with Gasteiger partial charge in [-0.05, 0) is 42.7 Å². The van der Waals surface area contributed by atoms with E-state index in [4.69, 9.17) is 16.3 Å². The number of fused-ring (bicyclic) bond motifs is 1. The van der Waals surface area contributed by atoms with Gasteiger partial charge in [0.1, 0.15) is 11.3 Å². The number of anilines is 1. The van der Waals surface area contributed by atoms with Crippen molar-refractivity contribution in [2.45, 2.75) is 31.1 Å². The summed E-state index contributed by atoms with van der Waals surface area (Å²) >= 11 is 7.49. The second kappa shape index (κ2) is 6.89. The molecule has 1 aliphatic carbocycles. The minimum absolute atomic E-state index is 0.00958. The zero-order valence-corrected chi connectivity index (χ0v) is 16.0. The molecule has 1 fully saturated rings. The van der Waals surface area contributed by atoms with Crippen molar-refractivity contribution < 1.29 is 9.53 Å². The summed E-state index contributed by atoms with van der Waals surface area (Å²) in [5, 5.41) is 4.35. The van der Waals surface area contributed by atoms with Gasteiger partial charge in [-0.3, -0.25) is 4.79 Å². The van der Waals surface area contributed by atoms with Crippen molar-refractivity contribution >= 4 is 44.2 Å². The van der Waals surface area contributed by atoms with E-state index in [1.54, 1.807) is 7.11 Å². The lowest BCUT2D eigenvalue weighted by Crippen LogP contribution is -2.37. The summed E-state index contributed by atoms with van der Waals surface area (Å²) in [6.07, 6.45) is 3.77. The summed E-state index contributed by atoms with van der Waals surface area (Å²) in [6.45, 7) is 0. The third-order valence-electron chi connectivity index (χ3n) is 5.11. The SMILES string of the molecule is COc1cccc2sc(NC(=O)C3(c4ccc(Cl)cc4)CCCC3)nc12. The molecule has 0 unspecified atom stereocenters. The number of nitrogens with zero attached hydrogens (tertiary/aromatic N) is 1. The van der Waals surface area contributed by atoms with Crippen LogP contribution in [0.1, 0.15) is 31.2 Å². The Hall–Kier alpha value is -2.11. The number of hydrogen-bond acceptors (Lipinski definition) is 4. The summed E-state index contributed by atoms with van der Waals surface area (Å²) in [6, 6.07) is 13.4. The fourth-order valence-corrected chi connectivity index (χ4v) is 4.76. The van der Waals surface area contributed by atoms with Gasteiger partial charge in [0.2, 0.25) is 5.91 Å². The van der Waals surface area contributed by atoms with E-state index in [-0.39, 0.29) is 5.91 Å². The first-order chi connectivity index (χ1) is 12.6. The monoisotopic (exact) mass is 386 g/mol. The van der Waals surface area contributed by atoms with E-state index in [1.807, 2.05) is 42.5 Å². The highest BCUT2D eigenvalue weighted by atomic mass is 35.5. The molecule has 26 heavy (non-hydrogen) atoms. The van der Waals surface area contributed by atoms with Gasteiger partial charge in [0.25, 0.3) is 0 Å². The van der Waals surface area contributed by atoms with Crippen LogP contribution in [0.5, 0.6) is 5.75 Å². The number of carbonyl (C=O) groups excluding carboxylic acids is 1. The van der Waals surface area contributed by atoms with E-state index in [9.17, 15) is 4.79 Å². The molecular formula is C20H19ClN2O2S. The summed E-state index contributed by atoms with van der Waals surface area (Å²) < 4.78 is 6.36. The molecule has 1 saturated carbocycles. The van der Waals surface area contributed by atoms with Crippen LogP contribution in [0.15, 0.2) is 42.5 Å². The molecule has 0 spiro atoms. The average molecular weight is 387 g/mol. The van der Waals surface area contributed by atoms with E-state index >= 15 is 0 Å². The molecule has 1 heterocycles. The van der Waals surface area contributed by atoms with Crippen LogP contribution in [-0.2, 0) is 10.2 Å². The predicted molar refractivity (Wildman–Crippen MR) is 106 cm³/mol. The summed E-state index contributed by atoms with van der Waals surface area (Å²) in [4.78, 5) is 17.8. The molecule has 4 nitrogen and oxygen atoms in total. The highest BCUT2D eigenvalue weighted by Crippen LogP contribution is 2.43. The molecule has 0 aliphatic heterocycles. The number of ether oxygens (including phenoxy) is 1. The van der Waals surface area contributed by atoms with Crippen molar-refractivity contribution in [2.24, 2.45) is 0 Å². The Labute approximate surface area is 161 Å². The highest BCUT2D eigenvalue weighted by molar-refractivity contribution is 7.22. The number of amides is 1. The van der Waals surface area contributed by atoms with Gasteiger partial charge in [0.15, 0.2) is 5.13 Å². The Morgan fingerprint density at radius 2 is 1.92 bits per heavy atom.